The SMILES string of the molecule is Cc1ccccc1CN(C(=O)CCc1ccc(C(C)(C)C)cc1)C(Cc1ccccc1)C(=O)NCC(C)C. The molecular formula is C34H44N2O2. The van der Waals surface area contributed by atoms with Crippen LogP contribution >= 0.6 is 0 Å². The molecule has 1 unspecified atom stereocenters. The molecule has 0 aromatic heterocycles. The van der Waals surface area contributed by atoms with Crippen molar-refractivity contribution in [3.8, 4) is 0 Å². The number of hydrogen-bond donors (Lipinski definition) is 1. The number of rotatable bonds is 11. The monoisotopic (exact) mass is 512 g/mol. The van der Waals surface area contributed by atoms with Crippen LogP contribution in [-0.4, -0.2) is 29.3 Å². The lowest BCUT2D eigenvalue weighted by molar-refractivity contribution is -0.141. The van der Waals surface area contributed by atoms with E-state index < -0.39 is 6.04 Å². The molecule has 0 radical (unpaired) electrons. The van der Waals surface area contributed by atoms with E-state index in [1.165, 1.54) is 5.56 Å². The molecule has 0 spiro atoms. The van der Waals surface area contributed by atoms with Gasteiger partial charge in [0.15, 0.2) is 0 Å². The van der Waals surface area contributed by atoms with Gasteiger partial charge in [-0.05, 0) is 52.5 Å². The van der Waals surface area contributed by atoms with Crippen molar-refractivity contribution < 1.29 is 9.59 Å². The Labute approximate surface area is 229 Å². The summed E-state index contributed by atoms with van der Waals surface area (Å²) >= 11 is 0. The summed E-state index contributed by atoms with van der Waals surface area (Å²) < 4.78 is 0. The highest BCUT2D eigenvalue weighted by molar-refractivity contribution is 5.88. The summed E-state index contributed by atoms with van der Waals surface area (Å²) in [5.41, 5.74) is 5.71. The van der Waals surface area contributed by atoms with E-state index in [-0.39, 0.29) is 17.2 Å². The molecule has 3 rings (SSSR count). The van der Waals surface area contributed by atoms with Crippen LogP contribution in [0.3, 0.4) is 0 Å². The van der Waals surface area contributed by atoms with Gasteiger partial charge in [0.2, 0.25) is 11.8 Å². The summed E-state index contributed by atoms with van der Waals surface area (Å²) in [5, 5.41) is 3.10. The molecule has 0 fully saturated rings. The van der Waals surface area contributed by atoms with Gasteiger partial charge in [0, 0.05) is 25.9 Å². The van der Waals surface area contributed by atoms with Crippen molar-refractivity contribution in [3.63, 3.8) is 0 Å². The molecule has 0 aliphatic rings. The lowest BCUT2D eigenvalue weighted by atomic mass is 9.86. The van der Waals surface area contributed by atoms with E-state index in [1.807, 2.05) is 48.5 Å². The first-order valence-electron chi connectivity index (χ1n) is 13.8. The first-order valence-corrected chi connectivity index (χ1v) is 13.8. The number of nitrogens with zero attached hydrogens (tertiary/aromatic N) is 1. The summed E-state index contributed by atoms with van der Waals surface area (Å²) in [7, 11) is 0. The number of benzene rings is 3. The van der Waals surface area contributed by atoms with Gasteiger partial charge in [-0.25, -0.2) is 0 Å². The lowest BCUT2D eigenvalue weighted by Crippen LogP contribution is -2.51. The van der Waals surface area contributed by atoms with Gasteiger partial charge in [-0.3, -0.25) is 9.59 Å². The quantitative estimate of drug-likeness (QED) is 0.313. The molecule has 0 aliphatic carbocycles. The third kappa shape index (κ3) is 8.58. The Bertz CT molecular complexity index is 1180. The topological polar surface area (TPSA) is 49.4 Å². The Morgan fingerprint density at radius 3 is 2.08 bits per heavy atom. The van der Waals surface area contributed by atoms with Crippen molar-refractivity contribution in [2.24, 2.45) is 5.92 Å². The smallest absolute Gasteiger partial charge is 0.243 e. The van der Waals surface area contributed by atoms with Gasteiger partial charge in [0.1, 0.15) is 6.04 Å². The fourth-order valence-electron chi connectivity index (χ4n) is 4.51. The van der Waals surface area contributed by atoms with Gasteiger partial charge >= 0.3 is 0 Å². The third-order valence-electron chi connectivity index (χ3n) is 7.01. The predicted octanol–water partition coefficient (Wildman–Crippen LogP) is 6.64. The normalized spacial score (nSPS) is 12.3. The van der Waals surface area contributed by atoms with Gasteiger partial charge < -0.3 is 10.2 Å². The van der Waals surface area contributed by atoms with Gasteiger partial charge in [-0.15, -0.1) is 0 Å². The van der Waals surface area contributed by atoms with Crippen LogP contribution in [0, 0.1) is 12.8 Å². The Kier molecular flexibility index (Phi) is 10.3. The molecule has 38 heavy (non-hydrogen) atoms. The molecule has 0 aliphatic heterocycles. The average Bonchev–Trinajstić information content (AvgIpc) is 2.89. The van der Waals surface area contributed by atoms with Crippen molar-refractivity contribution in [1.29, 1.82) is 0 Å². The number of aryl methyl sites for hydroxylation is 2. The molecule has 1 N–H and O–H groups in total. The zero-order valence-corrected chi connectivity index (χ0v) is 24.0. The molecule has 202 valence electrons. The maximum absolute atomic E-state index is 13.9. The highest BCUT2D eigenvalue weighted by atomic mass is 16.2. The lowest BCUT2D eigenvalue weighted by Gasteiger charge is -2.32. The molecule has 4 nitrogen and oxygen atoms in total. The number of amides is 2. The second-order valence-electron chi connectivity index (χ2n) is 11.7. The molecule has 0 bridgehead atoms. The van der Waals surface area contributed by atoms with E-state index in [4.69, 9.17) is 0 Å². The van der Waals surface area contributed by atoms with Crippen LogP contribution in [0.4, 0.5) is 0 Å². The molecule has 2 amide bonds. The minimum absolute atomic E-state index is 0.00576. The molecule has 3 aromatic rings. The van der Waals surface area contributed by atoms with Gasteiger partial charge in [-0.2, -0.15) is 0 Å². The zero-order valence-electron chi connectivity index (χ0n) is 24.0. The van der Waals surface area contributed by atoms with Crippen LogP contribution in [0.5, 0.6) is 0 Å². The molecule has 0 heterocycles. The largest absolute Gasteiger partial charge is 0.354 e. The average molecular weight is 513 g/mol. The third-order valence-corrected chi connectivity index (χ3v) is 7.01. The Hall–Kier alpha value is -3.40. The van der Waals surface area contributed by atoms with Gasteiger partial charge in [-0.1, -0.05) is 113 Å². The summed E-state index contributed by atoms with van der Waals surface area (Å²) in [6.45, 7) is 13.8. The van der Waals surface area contributed by atoms with E-state index in [0.717, 1.165) is 22.3 Å². The van der Waals surface area contributed by atoms with E-state index in [1.54, 1.807) is 4.90 Å². The summed E-state index contributed by atoms with van der Waals surface area (Å²) in [6, 6.07) is 26.0. The Morgan fingerprint density at radius 2 is 1.47 bits per heavy atom. The first kappa shape index (κ1) is 29.2. The predicted molar refractivity (Wildman–Crippen MR) is 157 cm³/mol. The summed E-state index contributed by atoms with van der Waals surface area (Å²) in [5.74, 6) is 0.223. The van der Waals surface area contributed by atoms with Gasteiger partial charge in [0.05, 0.1) is 0 Å². The minimum atomic E-state index is -0.591. The maximum atomic E-state index is 13.9. The molecular weight excluding hydrogens is 468 g/mol. The van der Waals surface area contributed by atoms with Crippen molar-refractivity contribution >= 4 is 11.8 Å². The second-order valence-corrected chi connectivity index (χ2v) is 11.7. The molecule has 4 heteroatoms. The van der Waals surface area contributed by atoms with Crippen molar-refractivity contribution in [1.82, 2.24) is 10.2 Å². The molecule has 1 atom stereocenters. The Balaban J connectivity index is 1.88. The van der Waals surface area contributed by atoms with Crippen molar-refractivity contribution in [2.45, 2.75) is 78.8 Å². The van der Waals surface area contributed by atoms with Crippen LogP contribution in [0.1, 0.15) is 68.9 Å². The van der Waals surface area contributed by atoms with Crippen molar-refractivity contribution in [3.05, 3.63) is 107 Å². The van der Waals surface area contributed by atoms with E-state index in [2.05, 4.69) is 77.2 Å². The maximum Gasteiger partial charge on any atom is 0.243 e. The number of carbonyl (C=O) groups is 2. The van der Waals surface area contributed by atoms with E-state index in [0.29, 0.717) is 38.3 Å². The van der Waals surface area contributed by atoms with E-state index >= 15 is 0 Å². The standard InChI is InChI=1S/C34H44N2O2/c1-25(2)23-35-33(38)31(22-28-13-8-7-9-14-28)36(24-29-15-11-10-12-26(29)3)32(37)21-18-27-16-19-30(20-17-27)34(4,5)6/h7-17,19-20,25,31H,18,21-24H2,1-6H3,(H,35,38). The number of carbonyl (C=O) groups excluding carboxylic acids is 2. The van der Waals surface area contributed by atoms with Crippen LogP contribution in [-0.2, 0) is 34.4 Å². The second kappa shape index (κ2) is 13.4. The molecule has 0 saturated carbocycles. The highest BCUT2D eigenvalue weighted by Crippen LogP contribution is 2.23. The fourth-order valence-corrected chi connectivity index (χ4v) is 4.51. The molecule has 0 saturated heterocycles. The fraction of sp³-hybridized carbons (Fsp3) is 0.412. The van der Waals surface area contributed by atoms with Crippen LogP contribution in [0.2, 0.25) is 0 Å². The van der Waals surface area contributed by atoms with Crippen LogP contribution < -0.4 is 5.32 Å². The number of nitrogens with one attached hydrogen (secondary N) is 1. The highest BCUT2D eigenvalue weighted by Gasteiger charge is 2.30. The van der Waals surface area contributed by atoms with Crippen LogP contribution in [0.15, 0.2) is 78.9 Å². The first-order chi connectivity index (χ1) is 18.0. The Morgan fingerprint density at radius 1 is 0.842 bits per heavy atom. The number of hydrogen-bond acceptors (Lipinski definition) is 2. The zero-order chi connectivity index (χ0) is 27.7. The molecule has 3 aromatic carbocycles. The summed E-state index contributed by atoms with van der Waals surface area (Å²) in [6.07, 6.45) is 1.46. The van der Waals surface area contributed by atoms with Crippen molar-refractivity contribution in [2.75, 3.05) is 6.54 Å². The van der Waals surface area contributed by atoms with Gasteiger partial charge in [0.25, 0.3) is 0 Å². The summed E-state index contributed by atoms with van der Waals surface area (Å²) in [4.78, 5) is 29.3. The minimum Gasteiger partial charge on any atom is -0.354 e. The van der Waals surface area contributed by atoms with E-state index in [9.17, 15) is 9.59 Å². The van der Waals surface area contributed by atoms with Crippen LogP contribution in [0.25, 0.3) is 0 Å².